The number of sulfonamides is 1. The van der Waals surface area contributed by atoms with Gasteiger partial charge in [-0.2, -0.15) is 4.72 Å². The minimum absolute atomic E-state index is 0.00482. The Bertz CT molecular complexity index is 653. The Balaban J connectivity index is 3.08. The number of ether oxygens (including phenoxy) is 1. The Morgan fingerprint density at radius 2 is 1.95 bits per heavy atom. The fraction of sp³-hybridized carbons (Fsp3) is 0.429. The third-order valence-corrected chi connectivity index (χ3v) is 4.34. The molecule has 0 amide bonds. The minimum atomic E-state index is -4.05. The second kappa shape index (κ2) is 7.37. The molecule has 1 aromatic rings. The summed E-state index contributed by atoms with van der Waals surface area (Å²) in [6, 6.07) is 3.99. The Morgan fingerprint density at radius 3 is 2.45 bits per heavy atom. The first-order valence-electron chi connectivity index (χ1n) is 6.61. The molecular formula is C14H19NO6S. The van der Waals surface area contributed by atoms with Crippen LogP contribution in [0.3, 0.4) is 0 Å². The number of carbonyl (C=O) groups is 2. The lowest BCUT2D eigenvalue weighted by molar-refractivity contribution is -0.139. The number of carboxylic acid groups (broad SMARTS) is 1. The minimum Gasteiger partial charge on any atom is -0.480 e. The van der Waals surface area contributed by atoms with E-state index < -0.39 is 28.0 Å². The highest BCUT2D eigenvalue weighted by Gasteiger charge is 2.26. The molecule has 0 radical (unpaired) electrons. The van der Waals surface area contributed by atoms with E-state index in [0.717, 1.165) is 6.07 Å². The van der Waals surface area contributed by atoms with Gasteiger partial charge in [-0.1, -0.05) is 19.9 Å². The number of carboxylic acids is 1. The summed E-state index contributed by atoms with van der Waals surface area (Å²) in [6.07, 6.45) is 0.158. The second-order valence-corrected chi connectivity index (χ2v) is 6.88. The van der Waals surface area contributed by atoms with Gasteiger partial charge in [-0.3, -0.25) is 4.79 Å². The highest BCUT2D eigenvalue weighted by Crippen LogP contribution is 2.15. The molecule has 0 unspecified atom stereocenters. The Hall–Kier alpha value is -1.93. The van der Waals surface area contributed by atoms with Crippen LogP contribution in [0.15, 0.2) is 29.2 Å². The van der Waals surface area contributed by atoms with E-state index >= 15 is 0 Å². The molecule has 0 aliphatic carbocycles. The normalized spacial score (nSPS) is 12.9. The number of rotatable bonds is 7. The van der Waals surface area contributed by atoms with Crippen molar-refractivity contribution in [2.24, 2.45) is 5.92 Å². The topological polar surface area (TPSA) is 110 Å². The molecule has 1 atom stereocenters. The van der Waals surface area contributed by atoms with E-state index in [1.54, 1.807) is 13.8 Å². The van der Waals surface area contributed by atoms with Crippen LogP contribution in [0.5, 0.6) is 0 Å². The van der Waals surface area contributed by atoms with E-state index in [1.165, 1.54) is 25.3 Å². The van der Waals surface area contributed by atoms with Crippen molar-refractivity contribution < 1.29 is 27.9 Å². The summed E-state index contributed by atoms with van der Waals surface area (Å²) in [6.45, 7) is 3.59. The zero-order valence-electron chi connectivity index (χ0n) is 12.6. The van der Waals surface area contributed by atoms with Crippen LogP contribution >= 0.6 is 0 Å². The molecule has 0 aromatic heterocycles. The monoisotopic (exact) mass is 329 g/mol. The first-order valence-corrected chi connectivity index (χ1v) is 8.09. The number of carbonyl (C=O) groups excluding carboxylic acids is 1. The molecule has 0 fully saturated rings. The zero-order valence-corrected chi connectivity index (χ0v) is 13.4. The van der Waals surface area contributed by atoms with Crippen molar-refractivity contribution in [3.8, 4) is 0 Å². The lowest BCUT2D eigenvalue weighted by Crippen LogP contribution is -2.41. The molecule has 2 N–H and O–H groups in total. The van der Waals surface area contributed by atoms with Crippen molar-refractivity contribution in [1.29, 1.82) is 0 Å². The molecule has 0 aliphatic heterocycles. The number of esters is 1. The van der Waals surface area contributed by atoms with E-state index in [0.29, 0.717) is 0 Å². The van der Waals surface area contributed by atoms with Gasteiger partial charge in [0.1, 0.15) is 6.04 Å². The summed E-state index contributed by atoms with van der Waals surface area (Å²) in [7, 11) is -2.87. The van der Waals surface area contributed by atoms with E-state index in [-0.39, 0.29) is 22.8 Å². The van der Waals surface area contributed by atoms with Crippen molar-refractivity contribution in [1.82, 2.24) is 4.72 Å². The molecule has 7 nitrogen and oxygen atoms in total. The highest BCUT2D eigenvalue weighted by atomic mass is 32.2. The molecule has 8 heteroatoms. The molecular weight excluding hydrogens is 310 g/mol. The SMILES string of the molecule is COC(=O)c1cccc(S(=O)(=O)N[C@@H](CC(C)C)C(=O)O)c1. The van der Waals surface area contributed by atoms with Crippen LogP contribution in [0, 0.1) is 5.92 Å². The summed E-state index contributed by atoms with van der Waals surface area (Å²) >= 11 is 0. The molecule has 0 heterocycles. The molecule has 0 saturated heterocycles. The van der Waals surface area contributed by atoms with Gasteiger partial charge in [-0.15, -0.1) is 0 Å². The molecule has 0 aliphatic rings. The van der Waals surface area contributed by atoms with Gasteiger partial charge in [-0.05, 0) is 30.5 Å². The number of nitrogens with one attached hydrogen (secondary N) is 1. The van der Waals surface area contributed by atoms with Crippen LogP contribution in [0.25, 0.3) is 0 Å². The number of benzene rings is 1. The maximum absolute atomic E-state index is 12.3. The van der Waals surface area contributed by atoms with Gasteiger partial charge in [0.05, 0.1) is 17.6 Å². The van der Waals surface area contributed by atoms with Crippen LogP contribution < -0.4 is 4.72 Å². The van der Waals surface area contributed by atoms with Crippen molar-refractivity contribution in [3.63, 3.8) is 0 Å². The van der Waals surface area contributed by atoms with Gasteiger partial charge in [0.25, 0.3) is 0 Å². The van der Waals surface area contributed by atoms with Crippen molar-refractivity contribution >= 4 is 22.0 Å². The van der Waals surface area contributed by atoms with Gasteiger partial charge in [0.15, 0.2) is 0 Å². The van der Waals surface area contributed by atoms with Crippen LogP contribution in [-0.2, 0) is 19.6 Å². The Morgan fingerprint density at radius 1 is 1.32 bits per heavy atom. The Kier molecular flexibility index (Phi) is 6.07. The zero-order chi connectivity index (χ0) is 16.9. The van der Waals surface area contributed by atoms with Gasteiger partial charge in [0, 0.05) is 0 Å². The molecule has 0 saturated carbocycles. The molecule has 0 bridgehead atoms. The predicted molar refractivity (Wildman–Crippen MR) is 79.0 cm³/mol. The van der Waals surface area contributed by atoms with Gasteiger partial charge < -0.3 is 9.84 Å². The number of aliphatic carboxylic acids is 1. The van der Waals surface area contributed by atoms with Crippen molar-refractivity contribution in [2.45, 2.75) is 31.2 Å². The first kappa shape index (κ1) is 18.1. The molecule has 122 valence electrons. The van der Waals surface area contributed by atoms with Crippen LogP contribution in [0.4, 0.5) is 0 Å². The largest absolute Gasteiger partial charge is 0.480 e. The maximum Gasteiger partial charge on any atom is 0.337 e. The third-order valence-electron chi connectivity index (χ3n) is 2.87. The van der Waals surface area contributed by atoms with Crippen LogP contribution in [0.2, 0.25) is 0 Å². The first-order chi connectivity index (χ1) is 10.2. The smallest absolute Gasteiger partial charge is 0.337 e. The summed E-state index contributed by atoms with van der Waals surface area (Å²) in [5.41, 5.74) is 0.0705. The van der Waals surface area contributed by atoms with Gasteiger partial charge in [0.2, 0.25) is 10.0 Å². The molecule has 1 rings (SSSR count). The van der Waals surface area contributed by atoms with Crippen molar-refractivity contribution in [3.05, 3.63) is 29.8 Å². The second-order valence-electron chi connectivity index (χ2n) is 5.16. The van der Waals surface area contributed by atoms with E-state index in [4.69, 9.17) is 5.11 Å². The standard InChI is InChI=1S/C14H19NO6S/c1-9(2)7-12(13(16)17)15-22(19,20)11-6-4-5-10(8-11)14(18)21-3/h4-6,8-9,12,15H,7H2,1-3H3,(H,16,17)/t12-/m0/s1. The van der Waals surface area contributed by atoms with Crippen LogP contribution in [-0.4, -0.2) is 38.6 Å². The number of hydrogen-bond acceptors (Lipinski definition) is 5. The van der Waals surface area contributed by atoms with Gasteiger partial charge in [-0.25, -0.2) is 13.2 Å². The maximum atomic E-state index is 12.3. The molecule has 1 aromatic carbocycles. The number of hydrogen-bond donors (Lipinski definition) is 2. The highest BCUT2D eigenvalue weighted by molar-refractivity contribution is 7.89. The average molecular weight is 329 g/mol. The van der Waals surface area contributed by atoms with E-state index in [1.807, 2.05) is 0 Å². The lowest BCUT2D eigenvalue weighted by atomic mass is 10.1. The van der Waals surface area contributed by atoms with Gasteiger partial charge >= 0.3 is 11.9 Å². The molecule has 22 heavy (non-hydrogen) atoms. The summed E-state index contributed by atoms with van der Waals surface area (Å²) in [5.74, 6) is -1.92. The van der Waals surface area contributed by atoms with E-state index in [2.05, 4.69) is 9.46 Å². The fourth-order valence-electron chi connectivity index (χ4n) is 1.83. The van der Waals surface area contributed by atoms with Crippen molar-refractivity contribution in [2.75, 3.05) is 7.11 Å². The summed E-state index contributed by atoms with van der Waals surface area (Å²) in [5, 5.41) is 9.11. The number of methoxy groups -OCH3 is 1. The summed E-state index contributed by atoms with van der Waals surface area (Å²) < 4.78 is 31.2. The third kappa shape index (κ3) is 4.81. The summed E-state index contributed by atoms with van der Waals surface area (Å²) in [4.78, 5) is 22.4. The lowest BCUT2D eigenvalue weighted by Gasteiger charge is -2.16. The predicted octanol–water partition coefficient (Wildman–Crippen LogP) is 1.25. The average Bonchev–Trinajstić information content (AvgIpc) is 2.45. The molecule has 0 spiro atoms. The quantitative estimate of drug-likeness (QED) is 0.729. The fourth-order valence-corrected chi connectivity index (χ4v) is 3.08. The van der Waals surface area contributed by atoms with E-state index in [9.17, 15) is 18.0 Å². The Labute approximate surface area is 129 Å². The van der Waals surface area contributed by atoms with Crippen LogP contribution in [0.1, 0.15) is 30.6 Å².